The minimum Gasteiger partial charge on any atom is -0.396 e. The molecule has 0 amide bonds. The van der Waals surface area contributed by atoms with E-state index < -0.39 is 0 Å². The molecular weight excluding hydrogens is 332 g/mol. The topological polar surface area (TPSA) is 23.5 Å². The molecule has 0 radical (unpaired) electrons. The summed E-state index contributed by atoms with van der Waals surface area (Å²) in [5.41, 5.74) is 2.95. The van der Waals surface area contributed by atoms with Crippen LogP contribution in [0.1, 0.15) is 6.42 Å². The highest BCUT2D eigenvalue weighted by molar-refractivity contribution is 5.92. The molecule has 0 saturated carbocycles. The summed E-state index contributed by atoms with van der Waals surface area (Å²) in [6.45, 7) is 0.686. The first-order valence-corrected chi connectivity index (χ1v) is 8.58. The largest absolute Gasteiger partial charge is 0.396 e. The minimum absolute atomic E-state index is 0.0758. The van der Waals surface area contributed by atoms with Crippen LogP contribution in [0.3, 0.4) is 0 Å². The molecule has 0 aliphatic rings. The van der Waals surface area contributed by atoms with Crippen molar-refractivity contribution in [2.24, 2.45) is 0 Å². The maximum absolute atomic E-state index is 14.6. The van der Waals surface area contributed by atoms with E-state index >= 15 is 0 Å². The molecule has 0 fully saturated rings. The van der Waals surface area contributed by atoms with E-state index in [1.165, 1.54) is 12.1 Å². The van der Waals surface area contributed by atoms with Crippen LogP contribution in [0.25, 0.3) is 22.3 Å². The van der Waals surface area contributed by atoms with Crippen LogP contribution in [0.5, 0.6) is 0 Å². The fraction of sp³-hybridized carbons (Fsp3) is 0.182. The lowest BCUT2D eigenvalue weighted by atomic mass is 9.92. The Bertz CT molecular complexity index is 895. The molecule has 3 rings (SSSR count). The van der Waals surface area contributed by atoms with Gasteiger partial charge in [-0.15, -0.1) is 0 Å². The molecule has 0 atom stereocenters. The van der Waals surface area contributed by atoms with Crippen molar-refractivity contribution in [2.75, 3.05) is 25.1 Å². The highest BCUT2D eigenvalue weighted by atomic mass is 19.1. The SMILES string of the molecule is CN(CCCO)c1cccc(-c2ccccc2F)c1-c1ccccc1F. The Morgan fingerprint density at radius 2 is 1.35 bits per heavy atom. The molecule has 0 aliphatic heterocycles. The lowest BCUT2D eigenvalue weighted by molar-refractivity contribution is 0.290. The maximum atomic E-state index is 14.6. The van der Waals surface area contributed by atoms with Gasteiger partial charge in [-0.2, -0.15) is 0 Å². The number of rotatable bonds is 6. The second-order valence-corrected chi connectivity index (χ2v) is 6.16. The molecule has 0 aliphatic carbocycles. The predicted molar refractivity (Wildman–Crippen MR) is 102 cm³/mol. The number of hydrogen-bond donors (Lipinski definition) is 1. The van der Waals surface area contributed by atoms with Gasteiger partial charge in [0.2, 0.25) is 0 Å². The van der Waals surface area contributed by atoms with Crippen molar-refractivity contribution >= 4 is 5.69 Å². The Balaban J connectivity index is 2.26. The smallest absolute Gasteiger partial charge is 0.131 e. The molecule has 134 valence electrons. The molecule has 0 unspecified atom stereocenters. The van der Waals surface area contributed by atoms with Gasteiger partial charge in [0.1, 0.15) is 11.6 Å². The van der Waals surface area contributed by atoms with Gasteiger partial charge in [-0.25, -0.2) is 8.78 Å². The molecule has 3 aromatic carbocycles. The molecule has 3 aromatic rings. The van der Waals surface area contributed by atoms with Crippen LogP contribution in [-0.2, 0) is 0 Å². The van der Waals surface area contributed by atoms with Gasteiger partial charge in [-0.05, 0) is 30.2 Å². The molecule has 0 saturated heterocycles. The zero-order valence-electron chi connectivity index (χ0n) is 14.6. The van der Waals surface area contributed by atoms with E-state index in [9.17, 15) is 8.78 Å². The van der Waals surface area contributed by atoms with E-state index in [1.807, 2.05) is 30.1 Å². The molecule has 0 bridgehead atoms. The Labute approximate surface area is 152 Å². The molecule has 0 aromatic heterocycles. The van der Waals surface area contributed by atoms with Gasteiger partial charge in [0, 0.05) is 42.6 Å². The van der Waals surface area contributed by atoms with Gasteiger partial charge < -0.3 is 10.0 Å². The zero-order chi connectivity index (χ0) is 18.5. The normalized spacial score (nSPS) is 10.8. The third-order valence-corrected chi connectivity index (χ3v) is 4.41. The highest BCUT2D eigenvalue weighted by Gasteiger charge is 2.19. The van der Waals surface area contributed by atoms with E-state index in [-0.39, 0.29) is 18.2 Å². The van der Waals surface area contributed by atoms with Gasteiger partial charge in [-0.1, -0.05) is 48.5 Å². The average Bonchev–Trinajstić information content (AvgIpc) is 2.66. The van der Waals surface area contributed by atoms with Gasteiger partial charge in [0.05, 0.1) is 0 Å². The summed E-state index contributed by atoms with van der Waals surface area (Å²) >= 11 is 0. The number of halogens is 2. The third-order valence-electron chi connectivity index (χ3n) is 4.41. The Hall–Kier alpha value is -2.72. The van der Waals surface area contributed by atoms with Crippen molar-refractivity contribution in [1.29, 1.82) is 0 Å². The second-order valence-electron chi connectivity index (χ2n) is 6.16. The highest BCUT2D eigenvalue weighted by Crippen LogP contribution is 2.41. The van der Waals surface area contributed by atoms with Crippen LogP contribution in [-0.4, -0.2) is 25.3 Å². The summed E-state index contributed by atoms with van der Waals surface area (Å²) in [5.74, 6) is -0.701. The van der Waals surface area contributed by atoms with E-state index in [0.717, 1.165) is 5.69 Å². The molecule has 2 nitrogen and oxygen atoms in total. The number of benzene rings is 3. The van der Waals surface area contributed by atoms with Gasteiger partial charge in [-0.3, -0.25) is 0 Å². The third kappa shape index (κ3) is 3.60. The first kappa shape index (κ1) is 18.1. The van der Waals surface area contributed by atoms with E-state index in [1.54, 1.807) is 36.4 Å². The number of hydrogen-bond acceptors (Lipinski definition) is 2. The lowest BCUT2D eigenvalue weighted by Gasteiger charge is -2.25. The van der Waals surface area contributed by atoms with Gasteiger partial charge >= 0.3 is 0 Å². The average molecular weight is 353 g/mol. The van der Waals surface area contributed by atoms with Crippen LogP contribution in [0.2, 0.25) is 0 Å². The van der Waals surface area contributed by atoms with Crippen LogP contribution in [0.15, 0.2) is 66.7 Å². The van der Waals surface area contributed by atoms with Crippen LogP contribution < -0.4 is 4.90 Å². The van der Waals surface area contributed by atoms with Crippen molar-refractivity contribution in [3.63, 3.8) is 0 Å². The van der Waals surface area contributed by atoms with Crippen molar-refractivity contribution in [3.8, 4) is 22.3 Å². The second kappa shape index (κ2) is 8.11. The quantitative estimate of drug-likeness (QED) is 0.665. The fourth-order valence-electron chi connectivity index (χ4n) is 3.14. The molecular formula is C22H21F2NO. The van der Waals surface area contributed by atoms with E-state index in [2.05, 4.69) is 0 Å². The maximum Gasteiger partial charge on any atom is 0.131 e. The molecule has 4 heteroatoms. The summed E-state index contributed by atoms with van der Waals surface area (Å²) in [4.78, 5) is 1.96. The first-order valence-electron chi connectivity index (χ1n) is 8.58. The van der Waals surface area contributed by atoms with Crippen LogP contribution >= 0.6 is 0 Å². The molecule has 0 spiro atoms. The standard InChI is InChI=1S/C22H21F2NO/c1-25(14-7-15-26)21-13-6-10-17(16-8-2-4-11-19(16)23)22(21)18-9-3-5-12-20(18)24/h2-6,8-13,26H,7,14-15H2,1H3. The van der Waals surface area contributed by atoms with Crippen molar-refractivity contribution in [2.45, 2.75) is 6.42 Å². The lowest BCUT2D eigenvalue weighted by Crippen LogP contribution is -2.20. The number of aliphatic hydroxyl groups excluding tert-OH is 1. The molecule has 0 heterocycles. The first-order chi connectivity index (χ1) is 12.6. The van der Waals surface area contributed by atoms with Crippen LogP contribution in [0, 0.1) is 11.6 Å². The van der Waals surface area contributed by atoms with Crippen molar-refractivity contribution in [3.05, 3.63) is 78.4 Å². The fourth-order valence-corrected chi connectivity index (χ4v) is 3.14. The van der Waals surface area contributed by atoms with E-state index in [0.29, 0.717) is 35.2 Å². The van der Waals surface area contributed by atoms with Crippen molar-refractivity contribution < 1.29 is 13.9 Å². The Morgan fingerprint density at radius 3 is 1.96 bits per heavy atom. The summed E-state index contributed by atoms with van der Waals surface area (Å²) in [7, 11) is 1.89. The number of nitrogens with zero attached hydrogens (tertiary/aromatic N) is 1. The molecule has 1 N–H and O–H groups in total. The van der Waals surface area contributed by atoms with E-state index in [4.69, 9.17) is 5.11 Å². The predicted octanol–water partition coefficient (Wildman–Crippen LogP) is 5.12. The number of aliphatic hydroxyl groups is 1. The summed E-state index contributed by atoms with van der Waals surface area (Å²) in [6.07, 6.45) is 0.594. The monoisotopic (exact) mass is 353 g/mol. The van der Waals surface area contributed by atoms with Crippen LogP contribution in [0.4, 0.5) is 14.5 Å². The minimum atomic E-state index is -0.354. The Morgan fingerprint density at radius 1 is 0.769 bits per heavy atom. The Kier molecular flexibility index (Phi) is 5.64. The number of anilines is 1. The summed E-state index contributed by atoms with van der Waals surface area (Å²) < 4.78 is 29.1. The summed E-state index contributed by atoms with van der Waals surface area (Å²) in [5, 5.41) is 9.13. The van der Waals surface area contributed by atoms with Gasteiger partial charge in [0.15, 0.2) is 0 Å². The summed E-state index contributed by atoms with van der Waals surface area (Å²) in [6, 6.07) is 18.6. The van der Waals surface area contributed by atoms with Crippen molar-refractivity contribution in [1.82, 2.24) is 0 Å². The zero-order valence-corrected chi connectivity index (χ0v) is 14.6. The van der Waals surface area contributed by atoms with Gasteiger partial charge in [0.25, 0.3) is 0 Å². The molecule has 26 heavy (non-hydrogen) atoms.